The lowest BCUT2D eigenvalue weighted by atomic mass is 10.1. The van der Waals surface area contributed by atoms with Gasteiger partial charge in [-0.1, -0.05) is 49.6 Å². The third kappa shape index (κ3) is 4.56. The molecule has 1 amide bonds. The summed E-state index contributed by atoms with van der Waals surface area (Å²) in [6.07, 6.45) is 7.02. The van der Waals surface area contributed by atoms with E-state index >= 15 is 0 Å². The molecule has 0 aliphatic heterocycles. The predicted octanol–water partition coefficient (Wildman–Crippen LogP) is 3.54. The minimum Gasteiger partial charge on any atom is -0.353 e. The molecular formula is C17H21FN4OS. The second-order valence-electron chi connectivity index (χ2n) is 5.99. The number of nitrogens with zero attached hydrogens (tertiary/aromatic N) is 2. The van der Waals surface area contributed by atoms with Gasteiger partial charge in [-0.3, -0.25) is 9.89 Å². The van der Waals surface area contributed by atoms with Gasteiger partial charge in [0.25, 0.3) is 0 Å². The first kappa shape index (κ1) is 17.0. The first-order valence-electron chi connectivity index (χ1n) is 8.32. The van der Waals surface area contributed by atoms with Crippen molar-refractivity contribution < 1.29 is 9.18 Å². The summed E-state index contributed by atoms with van der Waals surface area (Å²) in [5.41, 5.74) is 0.375. The van der Waals surface area contributed by atoms with Crippen molar-refractivity contribution >= 4 is 17.7 Å². The maximum absolute atomic E-state index is 13.7. The normalized spacial score (nSPS) is 15.9. The fourth-order valence-corrected chi connectivity index (χ4v) is 3.52. The zero-order chi connectivity index (χ0) is 16.8. The molecule has 1 heterocycles. The number of amides is 1. The fourth-order valence-electron chi connectivity index (χ4n) is 2.91. The quantitative estimate of drug-likeness (QED) is 0.640. The van der Waals surface area contributed by atoms with Crippen molar-refractivity contribution in [2.45, 2.75) is 49.7 Å². The van der Waals surface area contributed by atoms with Crippen LogP contribution in [-0.4, -0.2) is 32.9 Å². The molecule has 1 aliphatic rings. The third-order valence-electron chi connectivity index (χ3n) is 4.15. The second-order valence-corrected chi connectivity index (χ2v) is 6.93. The highest BCUT2D eigenvalue weighted by atomic mass is 32.2. The number of thioether (sulfide) groups is 1. The molecule has 0 bridgehead atoms. The number of hydrogen-bond acceptors (Lipinski definition) is 4. The van der Waals surface area contributed by atoms with Gasteiger partial charge in [0.2, 0.25) is 11.1 Å². The molecule has 1 saturated carbocycles. The highest BCUT2D eigenvalue weighted by Crippen LogP contribution is 2.22. The van der Waals surface area contributed by atoms with Crippen LogP contribution in [0.1, 0.15) is 38.5 Å². The average molecular weight is 348 g/mol. The van der Waals surface area contributed by atoms with Crippen molar-refractivity contribution in [3.63, 3.8) is 0 Å². The maximum atomic E-state index is 13.7. The molecule has 1 aliphatic carbocycles. The predicted molar refractivity (Wildman–Crippen MR) is 92.1 cm³/mol. The van der Waals surface area contributed by atoms with E-state index < -0.39 is 0 Å². The Hall–Kier alpha value is -1.89. The largest absolute Gasteiger partial charge is 0.353 e. The van der Waals surface area contributed by atoms with E-state index in [0.29, 0.717) is 22.6 Å². The number of benzene rings is 1. The van der Waals surface area contributed by atoms with Crippen molar-refractivity contribution in [2.75, 3.05) is 5.75 Å². The smallest absolute Gasteiger partial charge is 0.230 e. The van der Waals surface area contributed by atoms with E-state index in [2.05, 4.69) is 20.5 Å². The zero-order valence-electron chi connectivity index (χ0n) is 13.4. The molecule has 7 heteroatoms. The molecule has 2 aromatic rings. The van der Waals surface area contributed by atoms with Gasteiger partial charge in [0.1, 0.15) is 5.82 Å². The van der Waals surface area contributed by atoms with Gasteiger partial charge in [0, 0.05) is 6.04 Å². The highest BCUT2D eigenvalue weighted by Gasteiger charge is 2.16. The molecule has 3 rings (SSSR count). The number of H-pyrrole nitrogens is 1. The van der Waals surface area contributed by atoms with Gasteiger partial charge in [0.05, 0.1) is 11.3 Å². The highest BCUT2D eigenvalue weighted by molar-refractivity contribution is 7.99. The molecule has 0 radical (unpaired) electrons. The van der Waals surface area contributed by atoms with Gasteiger partial charge in [-0.15, -0.1) is 5.10 Å². The van der Waals surface area contributed by atoms with Crippen LogP contribution in [0.4, 0.5) is 4.39 Å². The SMILES string of the molecule is O=C(CSc1n[nH]c(-c2ccccc2F)n1)NC1CCCCCC1. The summed E-state index contributed by atoms with van der Waals surface area (Å²) in [5.74, 6) is 0.297. The molecule has 24 heavy (non-hydrogen) atoms. The molecular weight excluding hydrogens is 327 g/mol. The minimum absolute atomic E-state index is 0.00383. The number of carbonyl (C=O) groups is 1. The van der Waals surface area contributed by atoms with Crippen molar-refractivity contribution in [3.05, 3.63) is 30.1 Å². The Kier molecular flexibility index (Phi) is 5.85. The maximum Gasteiger partial charge on any atom is 0.230 e. The van der Waals surface area contributed by atoms with Crippen molar-refractivity contribution in [2.24, 2.45) is 0 Å². The average Bonchev–Trinajstić information content (AvgIpc) is 2.90. The first-order valence-corrected chi connectivity index (χ1v) is 9.30. The number of aromatic nitrogens is 3. The summed E-state index contributed by atoms with van der Waals surface area (Å²) in [6.45, 7) is 0. The van der Waals surface area contributed by atoms with Gasteiger partial charge < -0.3 is 5.32 Å². The second kappa shape index (κ2) is 8.28. The molecule has 0 unspecified atom stereocenters. The van der Waals surface area contributed by atoms with Crippen LogP contribution in [0.2, 0.25) is 0 Å². The Labute approximate surface area is 144 Å². The summed E-state index contributed by atoms with van der Waals surface area (Å²) in [7, 11) is 0. The molecule has 0 spiro atoms. The van der Waals surface area contributed by atoms with E-state index in [1.165, 1.54) is 43.5 Å². The number of nitrogens with one attached hydrogen (secondary N) is 2. The summed E-state index contributed by atoms with van der Waals surface area (Å²) in [4.78, 5) is 16.3. The first-order chi connectivity index (χ1) is 11.7. The van der Waals surface area contributed by atoms with Gasteiger partial charge in [0.15, 0.2) is 5.82 Å². The minimum atomic E-state index is -0.351. The topological polar surface area (TPSA) is 70.7 Å². The number of halogens is 1. The molecule has 1 fully saturated rings. The lowest BCUT2D eigenvalue weighted by Gasteiger charge is -2.15. The Balaban J connectivity index is 1.52. The van der Waals surface area contributed by atoms with Crippen LogP contribution in [0.3, 0.4) is 0 Å². The van der Waals surface area contributed by atoms with E-state index in [-0.39, 0.29) is 17.5 Å². The van der Waals surface area contributed by atoms with Crippen LogP contribution in [0.15, 0.2) is 29.4 Å². The van der Waals surface area contributed by atoms with Gasteiger partial charge in [-0.25, -0.2) is 9.37 Å². The van der Waals surface area contributed by atoms with E-state index in [1.54, 1.807) is 18.2 Å². The monoisotopic (exact) mass is 348 g/mol. The van der Waals surface area contributed by atoms with E-state index in [0.717, 1.165) is 12.8 Å². The summed E-state index contributed by atoms with van der Waals surface area (Å²) in [5, 5.41) is 10.3. The van der Waals surface area contributed by atoms with E-state index in [9.17, 15) is 9.18 Å². The number of rotatable bonds is 5. The van der Waals surface area contributed by atoms with Crippen LogP contribution in [0, 0.1) is 5.82 Å². The molecule has 1 aromatic carbocycles. The fraction of sp³-hybridized carbons (Fsp3) is 0.471. The van der Waals surface area contributed by atoms with Gasteiger partial charge in [-0.05, 0) is 25.0 Å². The lowest BCUT2D eigenvalue weighted by Crippen LogP contribution is -2.35. The number of carbonyl (C=O) groups excluding carboxylic acids is 1. The molecule has 2 N–H and O–H groups in total. The number of aromatic amines is 1. The summed E-state index contributed by atoms with van der Waals surface area (Å²) < 4.78 is 13.7. The van der Waals surface area contributed by atoms with E-state index in [4.69, 9.17) is 0 Å². The number of hydrogen-bond donors (Lipinski definition) is 2. The van der Waals surface area contributed by atoms with Crippen LogP contribution in [0.5, 0.6) is 0 Å². The van der Waals surface area contributed by atoms with Crippen LogP contribution >= 0.6 is 11.8 Å². The van der Waals surface area contributed by atoms with Gasteiger partial charge in [-0.2, -0.15) is 0 Å². The Morgan fingerprint density at radius 3 is 2.75 bits per heavy atom. The molecule has 1 aromatic heterocycles. The summed E-state index contributed by atoms with van der Waals surface area (Å²) >= 11 is 1.26. The molecule has 128 valence electrons. The summed E-state index contributed by atoms with van der Waals surface area (Å²) in [6, 6.07) is 6.69. The van der Waals surface area contributed by atoms with E-state index in [1.807, 2.05) is 0 Å². The third-order valence-corrected chi connectivity index (χ3v) is 4.99. The van der Waals surface area contributed by atoms with Crippen LogP contribution in [0.25, 0.3) is 11.4 Å². The molecule has 5 nitrogen and oxygen atoms in total. The van der Waals surface area contributed by atoms with Gasteiger partial charge >= 0.3 is 0 Å². The van der Waals surface area contributed by atoms with Crippen LogP contribution < -0.4 is 5.32 Å². The molecule has 0 atom stereocenters. The van der Waals surface area contributed by atoms with Crippen molar-refractivity contribution in [1.29, 1.82) is 0 Å². The molecule has 0 saturated heterocycles. The van der Waals surface area contributed by atoms with Crippen molar-refractivity contribution in [3.8, 4) is 11.4 Å². The Morgan fingerprint density at radius 2 is 2.00 bits per heavy atom. The van der Waals surface area contributed by atoms with Crippen LogP contribution in [-0.2, 0) is 4.79 Å². The zero-order valence-corrected chi connectivity index (χ0v) is 14.2. The standard InChI is InChI=1S/C17H21FN4OS/c18-14-10-6-5-9-13(14)16-20-17(22-21-16)24-11-15(23)19-12-7-3-1-2-4-8-12/h5-6,9-10,12H,1-4,7-8,11H2,(H,19,23)(H,20,21,22). The Morgan fingerprint density at radius 1 is 1.25 bits per heavy atom. The van der Waals surface area contributed by atoms with Crippen molar-refractivity contribution in [1.82, 2.24) is 20.5 Å². The Bertz CT molecular complexity index is 683. The lowest BCUT2D eigenvalue weighted by molar-refractivity contribution is -0.119.